The van der Waals surface area contributed by atoms with E-state index in [2.05, 4.69) is 36.5 Å². The molecule has 0 aromatic heterocycles. The third kappa shape index (κ3) is 3.61. The van der Waals surface area contributed by atoms with Crippen molar-refractivity contribution in [2.45, 2.75) is 46.1 Å². The fourth-order valence-corrected chi connectivity index (χ4v) is 3.43. The largest absolute Gasteiger partial charge is 0.483 e. The number of carbonyl (C=O) groups excluding carboxylic acids is 1. The fraction of sp³-hybridized carbons (Fsp3) is 0.381. The summed E-state index contributed by atoms with van der Waals surface area (Å²) < 4.78 is 5.78. The van der Waals surface area contributed by atoms with Gasteiger partial charge in [-0.15, -0.1) is 0 Å². The molecule has 0 spiro atoms. The number of hydrogen-bond donors (Lipinski definition) is 1. The molecule has 0 radical (unpaired) electrons. The fourth-order valence-electron chi connectivity index (χ4n) is 3.43. The van der Waals surface area contributed by atoms with E-state index in [9.17, 15) is 4.79 Å². The van der Waals surface area contributed by atoms with Crippen LogP contribution in [0.25, 0.3) is 0 Å². The van der Waals surface area contributed by atoms with Crippen LogP contribution in [0.2, 0.25) is 0 Å². The van der Waals surface area contributed by atoms with Crippen LogP contribution in [0.1, 0.15) is 46.7 Å². The molecule has 1 atom stereocenters. The number of carbonyl (C=O) groups is 1. The standard InChI is InChI=1S/C21H25NO2/c1-14-11-15(2)16(3)20(12-14)24-13-21(23)22-19-10-6-8-17-7-4-5-9-18(17)19/h4-5,7,9,11-12,19H,6,8,10,13H2,1-3H3,(H,22,23)/t19-/m0/s1. The van der Waals surface area contributed by atoms with Gasteiger partial charge in [-0.2, -0.15) is 0 Å². The van der Waals surface area contributed by atoms with E-state index in [0.717, 1.165) is 36.1 Å². The highest BCUT2D eigenvalue weighted by Gasteiger charge is 2.21. The zero-order valence-electron chi connectivity index (χ0n) is 14.7. The molecule has 0 saturated carbocycles. The summed E-state index contributed by atoms with van der Waals surface area (Å²) in [5, 5.41) is 3.13. The van der Waals surface area contributed by atoms with Crippen LogP contribution < -0.4 is 10.1 Å². The van der Waals surface area contributed by atoms with Crippen molar-refractivity contribution in [3.05, 3.63) is 64.2 Å². The third-order valence-corrected chi connectivity index (χ3v) is 4.83. The zero-order chi connectivity index (χ0) is 17.1. The molecule has 1 N–H and O–H groups in total. The van der Waals surface area contributed by atoms with Gasteiger partial charge in [-0.25, -0.2) is 0 Å². The van der Waals surface area contributed by atoms with Crippen molar-refractivity contribution in [1.29, 1.82) is 0 Å². The number of aryl methyl sites for hydroxylation is 3. The molecule has 3 heteroatoms. The molecule has 0 heterocycles. The van der Waals surface area contributed by atoms with Gasteiger partial charge in [-0.3, -0.25) is 4.79 Å². The van der Waals surface area contributed by atoms with E-state index in [1.54, 1.807) is 0 Å². The maximum absolute atomic E-state index is 12.3. The molecule has 1 amide bonds. The lowest BCUT2D eigenvalue weighted by atomic mass is 9.88. The van der Waals surface area contributed by atoms with Gasteiger partial charge in [-0.05, 0) is 73.9 Å². The van der Waals surface area contributed by atoms with Gasteiger partial charge in [0.15, 0.2) is 6.61 Å². The molecule has 0 bridgehead atoms. The number of benzene rings is 2. The van der Waals surface area contributed by atoms with Crippen molar-refractivity contribution in [3.63, 3.8) is 0 Å². The lowest BCUT2D eigenvalue weighted by Crippen LogP contribution is -2.34. The minimum atomic E-state index is -0.0599. The number of hydrogen-bond acceptors (Lipinski definition) is 2. The highest BCUT2D eigenvalue weighted by Crippen LogP contribution is 2.29. The molecule has 3 rings (SSSR count). The maximum Gasteiger partial charge on any atom is 0.258 e. The van der Waals surface area contributed by atoms with Gasteiger partial charge in [0.25, 0.3) is 5.91 Å². The summed E-state index contributed by atoms with van der Waals surface area (Å²) in [7, 11) is 0. The SMILES string of the molecule is Cc1cc(C)c(C)c(OCC(=O)N[C@H]2CCCc3ccccc32)c1. The average molecular weight is 323 g/mol. The third-order valence-electron chi connectivity index (χ3n) is 4.83. The Kier molecular flexibility index (Phi) is 4.89. The van der Waals surface area contributed by atoms with Gasteiger partial charge in [0.05, 0.1) is 6.04 Å². The predicted octanol–water partition coefficient (Wildman–Crippen LogP) is 4.18. The second kappa shape index (κ2) is 7.08. The van der Waals surface area contributed by atoms with Gasteiger partial charge in [-0.1, -0.05) is 30.3 Å². The van der Waals surface area contributed by atoms with Crippen molar-refractivity contribution in [1.82, 2.24) is 5.32 Å². The Labute approximate surface area is 144 Å². The maximum atomic E-state index is 12.3. The second-order valence-electron chi connectivity index (χ2n) is 6.70. The Morgan fingerprint density at radius 3 is 2.83 bits per heavy atom. The lowest BCUT2D eigenvalue weighted by molar-refractivity contribution is -0.124. The van der Waals surface area contributed by atoms with Crippen molar-refractivity contribution in [2.24, 2.45) is 0 Å². The predicted molar refractivity (Wildman–Crippen MR) is 96.4 cm³/mol. The highest BCUT2D eigenvalue weighted by molar-refractivity contribution is 5.78. The topological polar surface area (TPSA) is 38.3 Å². The minimum Gasteiger partial charge on any atom is -0.483 e. The Balaban J connectivity index is 1.63. The molecule has 126 valence electrons. The summed E-state index contributed by atoms with van der Waals surface area (Å²) in [5.41, 5.74) is 6.03. The molecule has 3 nitrogen and oxygen atoms in total. The van der Waals surface area contributed by atoms with Gasteiger partial charge in [0.2, 0.25) is 0 Å². The Bertz CT molecular complexity index is 751. The normalized spacial score (nSPS) is 16.4. The first-order valence-electron chi connectivity index (χ1n) is 8.62. The van der Waals surface area contributed by atoms with Crippen molar-refractivity contribution in [2.75, 3.05) is 6.61 Å². The van der Waals surface area contributed by atoms with E-state index in [-0.39, 0.29) is 18.6 Å². The van der Waals surface area contributed by atoms with Crippen LogP contribution >= 0.6 is 0 Å². The molecule has 0 fully saturated rings. The van der Waals surface area contributed by atoms with E-state index in [1.807, 2.05) is 26.0 Å². The second-order valence-corrected chi connectivity index (χ2v) is 6.70. The molecule has 2 aromatic carbocycles. The molecular formula is C21H25NO2. The summed E-state index contributed by atoms with van der Waals surface area (Å²) in [5.74, 6) is 0.738. The van der Waals surface area contributed by atoms with Crippen LogP contribution in [-0.4, -0.2) is 12.5 Å². The Hall–Kier alpha value is -2.29. The Morgan fingerprint density at radius 1 is 1.21 bits per heavy atom. The monoisotopic (exact) mass is 323 g/mol. The summed E-state index contributed by atoms with van der Waals surface area (Å²) in [6.07, 6.45) is 3.20. The molecule has 1 aliphatic rings. The number of ether oxygens (including phenoxy) is 1. The van der Waals surface area contributed by atoms with E-state index < -0.39 is 0 Å². The summed E-state index contributed by atoms with van der Waals surface area (Å²) >= 11 is 0. The molecule has 0 saturated heterocycles. The molecule has 1 aliphatic carbocycles. The Morgan fingerprint density at radius 2 is 2.00 bits per heavy atom. The number of rotatable bonds is 4. The van der Waals surface area contributed by atoms with Gasteiger partial charge in [0.1, 0.15) is 5.75 Å². The van der Waals surface area contributed by atoms with Crippen LogP contribution in [0.4, 0.5) is 0 Å². The lowest BCUT2D eigenvalue weighted by Gasteiger charge is -2.26. The molecular weight excluding hydrogens is 298 g/mol. The van der Waals surface area contributed by atoms with Gasteiger partial charge >= 0.3 is 0 Å². The zero-order valence-corrected chi connectivity index (χ0v) is 14.7. The van der Waals surface area contributed by atoms with Gasteiger partial charge in [0, 0.05) is 0 Å². The minimum absolute atomic E-state index is 0.0579. The first-order valence-corrected chi connectivity index (χ1v) is 8.62. The summed E-state index contributed by atoms with van der Waals surface area (Å²) in [6, 6.07) is 12.6. The average Bonchev–Trinajstić information content (AvgIpc) is 2.57. The van der Waals surface area contributed by atoms with Crippen LogP contribution in [0.5, 0.6) is 5.75 Å². The van der Waals surface area contributed by atoms with E-state index in [1.165, 1.54) is 16.7 Å². The first-order chi connectivity index (χ1) is 11.5. The summed E-state index contributed by atoms with van der Waals surface area (Å²) in [4.78, 5) is 12.3. The van der Waals surface area contributed by atoms with Crippen molar-refractivity contribution < 1.29 is 9.53 Å². The smallest absolute Gasteiger partial charge is 0.258 e. The van der Waals surface area contributed by atoms with E-state index in [4.69, 9.17) is 4.74 Å². The molecule has 24 heavy (non-hydrogen) atoms. The summed E-state index contributed by atoms with van der Waals surface area (Å²) in [6.45, 7) is 6.19. The highest BCUT2D eigenvalue weighted by atomic mass is 16.5. The number of nitrogens with one attached hydrogen (secondary N) is 1. The van der Waals surface area contributed by atoms with Crippen LogP contribution in [0, 0.1) is 20.8 Å². The van der Waals surface area contributed by atoms with E-state index >= 15 is 0 Å². The van der Waals surface area contributed by atoms with Crippen molar-refractivity contribution >= 4 is 5.91 Å². The quantitative estimate of drug-likeness (QED) is 0.916. The van der Waals surface area contributed by atoms with E-state index in [0.29, 0.717) is 0 Å². The van der Waals surface area contributed by atoms with Gasteiger partial charge < -0.3 is 10.1 Å². The van der Waals surface area contributed by atoms with Crippen molar-refractivity contribution in [3.8, 4) is 5.75 Å². The molecule has 2 aromatic rings. The molecule has 0 aliphatic heterocycles. The number of fused-ring (bicyclic) bond motifs is 1. The first kappa shape index (κ1) is 16.6. The van der Waals surface area contributed by atoms with Crippen LogP contribution in [0.3, 0.4) is 0 Å². The van der Waals surface area contributed by atoms with Crippen LogP contribution in [0.15, 0.2) is 36.4 Å². The van der Waals surface area contributed by atoms with Crippen LogP contribution in [-0.2, 0) is 11.2 Å². The molecule has 0 unspecified atom stereocenters. The number of amides is 1.